The maximum Gasteiger partial charge on any atom is 0.416 e. The zero-order chi connectivity index (χ0) is 19.8. The second-order valence-electron chi connectivity index (χ2n) is 7.62. The highest BCUT2D eigenvalue weighted by atomic mass is 16.6. The zero-order valence-electron chi connectivity index (χ0n) is 16.9. The van der Waals surface area contributed by atoms with E-state index in [1.807, 2.05) is 0 Å². The number of allylic oxidation sites excluding steroid dienone is 6. The number of imide groups is 1. The summed E-state index contributed by atoms with van der Waals surface area (Å²) >= 11 is 0. The predicted molar refractivity (Wildman–Crippen MR) is 106 cm³/mol. The third-order valence-electron chi connectivity index (χ3n) is 5.17. The molecule has 5 nitrogen and oxygen atoms in total. The van der Waals surface area contributed by atoms with Gasteiger partial charge in [-0.25, -0.2) is 14.9 Å². The first-order valence-electron chi connectivity index (χ1n) is 9.62. The number of hydrogen-bond acceptors (Lipinski definition) is 4. The lowest BCUT2D eigenvalue weighted by atomic mass is 9.92. The minimum absolute atomic E-state index is 0.214. The summed E-state index contributed by atoms with van der Waals surface area (Å²) in [6, 6.07) is 0. The van der Waals surface area contributed by atoms with E-state index in [0.29, 0.717) is 0 Å². The number of amides is 2. The normalized spacial score (nSPS) is 16.9. The molecule has 0 saturated carbocycles. The molecule has 5 heteroatoms. The van der Waals surface area contributed by atoms with E-state index in [1.54, 1.807) is 0 Å². The highest BCUT2D eigenvalue weighted by Crippen LogP contribution is 2.26. The maximum absolute atomic E-state index is 11.7. The summed E-state index contributed by atoms with van der Waals surface area (Å²) in [4.78, 5) is 23.5. The number of nitrogens with one attached hydrogen (secondary N) is 1. The van der Waals surface area contributed by atoms with Crippen LogP contribution in [0.25, 0.3) is 0 Å². The Hall–Kier alpha value is -2.30. The van der Waals surface area contributed by atoms with Crippen LogP contribution in [0.4, 0.5) is 9.59 Å². The van der Waals surface area contributed by atoms with Gasteiger partial charge in [-0.2, -0.15) is 0 Å². The Bertz CT molecular complexity index is 642. The molecule has 1 N–H and O–H groups in total. The van der Waals surface area contributed by atoms with Crippen LogP contribution in [0.1, 0.15) is 66.2 Å². The van der Waals surface area contributed by atoms with Crippen molar-refractivity contribution in [2.24, 2.45) is 0 Å². The molecule has 2 aliphatic rings. The molecule has 0 atom stereocenters. The Balaban J connectivity index is 1.67. The average molecular weight is 373 g/mol. The van der Waals surface area contributed by atoms with Gasteiger partial charge in [0.25, 0.3) is 0 Å². The number of ether oxygens (including phenoxy) is 2. The first-order valence-corrected chi connectivity index (χ1v) is 9.62. The van der Waals surface area contributed by atoms with E-state index in [4.69, 9.17) is 9.47 Å². The Morgan fingerprint density at radius 1 is 0.778 bits per heavy atom. The van der Waals surface area contributed by atoms with Crippen molar-refractivity contribution in [2.45, 2.75) is 66.2 Å². The van der Waals surface area contributed by atoms with Gasteiger partial charge < -0.3 is 9.47 Å². The second-order valence-corrected chi connectivity index (χ2v) is 7.62. The minimum atomic E-state index is -0.765. The van der Waals surface area contributed by atoms with Crippen LogP contribution >= 0.6 is 0 Å². The van der Waals surface area contributed by atoms with Crippen molar-refractivity contribution >= 4 is 12.2 Å². The highest BCUT2D eigenvalue weighted by molar-refractivity contribution is 5.87. The molecule has 2 amide bonds. The molecule has 27 heavy (non-hydrogen) atoms. The monoisotopic (exact) mass is 373 g/mol. The van der Waals surface area contributed by atoms with Crippen LogP contribution in [-0.4, -0.2) is 25.4 Å². The lowest BCUT2D eigenvalue weighted by Crippen LogP contribution is -2.32. The molecule has 0 fully saturated rings. The van der Waals surface area contributed by atoms with Crippen LogP contribution in [0.15, 0.2) is 45.6 Å². The molecule has 0 heterocycles. The van der Waals surface area contributed by atoms with Crippen molar-refractivity contribution in [3.63, 3.8) is 0 Å². The van der Waals surface area contributed by atoms with Gasteiger partial charge in [-0.15, -0.1) is 0 Å². The fourth-order valence-electron chi connectivity index (χ4n) is 3.21. The quantitative estimate of drug-likeness (QED) is 0.638. The standard InChI is InChI=1S/C22H31NO4/c1-15(2)19-9-5-17(6-10-19)13-26-21(24)23-22(25)27-14-18-7-11-20(12-8-18)16(3)4/h5,7H,6,8-14H2,1-4H3,(H,23,24,25). The molecule has 0 aliphatic heterocycles. The van der Waals surface area contributed by atoms with Crippen molar-refractivity contribution in [1.29, 1.82) is 0 Å². The topological polar surface area (TPSA) is 64.6 Å². The Morgan fingerprint density at radius 3 is 1.48 bits per heavy atom. The van der Waals surface area contributed by atoms with Gasteiger partial charge in [-0.1, -0.05) is 34.4 Å². The van der Waals surface area contributed by atoms with Gasteiger partial charge in [0.2, 0.25) is 0 Å². The number of carbonyl (C=O) groups is 2. The molecule has 0 saturated heterocycles. The zero-order valence-corrected chi connectivity index (χ0v) is 16.9. The van der Waals surface area contributed by atoms with Crippen LogP contribution in [0.3, 0.4) is 0 Å². The average Bonchev–Trinajstić information content (AvgIpc) is 2.65. The third kappa shape index (κ3) is 7.08. The van der Waals surface area contributed by atoms with Crippen LogP contribution < -0.4 is 5.32 Å². The van der Waals surface area contributed by atoms with Gasteiger partial charge in [0.1, 0.15) is 13.2 Å². The smallest absolute Gasteiger partial charge is 0.416 e. The summed E-state index contributed by atoms with van der Waals surface area (Å²) in [6.45, 7) is 8.90. The molecule has 0 unspecified atom stereocenters. The van der Waals surface area contributed by atoms with Crippen molar-refractivity contribution < 1.29 is 19.1 Å². The van der Waals surface area contributed by atoms with Crippen molar-refractivity contribution in [2.75, 3.05) is 13.2 Å². The molecule has 0 aromatic heterocycles. The van der Waals surface area contributed by atoms with Crippen LogP contribution in [0.2, 0.25) is 0 Å². The van der Waals surface area contributed by atoms with E-state index in [0.717, 1.165) is 49.7 Å². The van der Waals surface area contributed by atoms with Crippen LogP contribution in [0.5, 0.6) is 0 Å². The summed E-state index contributed by atoms with van der Waals surface area (Å²) in [5.41, 5.74) is 7.78. The Kier molecular flexibility index (Phi) is 7.89. The van der Waals surface area contributed by atoms with E-state index in [9.17, 15) is 9.59 Å². The van der Waals surface area contributed by atoms with E-state index in [1.165, 1.54) is 22.3 Å². The summed E-state index contributed by atoms with van der Waals surface area (Å²) in [6.07, 6.45) is 8.29. The van der Waals surface area contributed by atoms with Crippen LogP contribution in [0, 0.1) is 0 Å². The highest BCUT2D eigenvalue weighted by Gasteiger charge is 2.15. The van der Waals surface area contributed by atoms with Crippen molar-refractivity contribution in [1.82, 2.24) is 5.32 Å². The van der Waals surface area contributed by atoms with Gasteiger partial charge in [0, 0.05) is 0 Å². The summed E-state index contributed by atoms with van der Waals surface area (Å²) < 4.78 is 10.2. The summed E-state index contributed by atoms with van der Waals surface area (Å²) in [7, 11) is 0. The molecular weight excluding hydrogens is 342 g/mol. The summed E-state index contributed by atoms with van der Waals surface area (Å²) in [5, 5.41) is 2.12. The fourth-order valence-corrected chi connectivity index (χ4v) is 3.21. The number of rotatable bonds is 4. The molecule has 0 spiro atoms. The number of carbonyl (C=O) groups excluding carboxylic acids is 2. The molecule has 0 radical (unpaired) electrons. The lowest BCUT2D eigenvalue weighted by Gasteiger charge is -2.18. The van der Waals surface area contributed by atoms with Gasteiger partial charge in [0.05, 0.1) is 0 Å². The van der Waals surface area contributed by atoms with Crippen LogP contribution in [-0.2, 0) is 9.47 Å². The van der Waals surface area contributed by atoms with E-state index < -0.39 is 12.2 Å². The van der Waals surface area contributed by atoms with E-state index in [-0.39, 0.29) is 13.2 Å². The first-order chi connectivity index (χ1) is 12.8. The maximum atomic E-state index is 11.7. The van der Waals surface area contributed by atoms with Gasteiger partial charge in [-0.05, 0) is 77.4 Å². The van der Waals surface area contributed by atoms with Crippen molar-refractivity contribution in [3.8, 4) is 0 Å². The number of alkyl carbamates (subject to hydrolysis) is 2. The molecular formula is C22H31NO4. The van der Waals surface area contributed by atoms with Crippen molar-refractivity contribution in [3.05, 3.63) is 45.6 Å². The largest absolute Gasteiger partial charge is 0.445 e. The van der Waals surface area contributed by atoms with E-state index in [2.05, 4.69) is 45.2 Å². The third-order valence-corrected chi connectivity index (χ3v) is 5.17. The molecule has 0 aromatic carbocycles. The SMILES string of the molecule is CC(C)=C1CC=C(COC(=O)NC(=O)OCC2=CCC(=C(C)C)CC2)CC1. The van der Waals surface area contributed by atoms with Gasteiger partial charge in [0.15, 0.2) is 0 Å². The number of hydrogen-bond donors (Lipinski definition) is 1. The predicted octanol–water partition coefficient (Wildman–Crippen LogP) is 5.74. The van der Waals surface area contributed by atoms with Gasteiger partial charge in [-0.3, -0.25) is 0 Å². The van der Waals surface area contributed by atoms with E-state index >= 15 is 0 Å². The fraction of sp³-hybridized carbons (Fsp3) is 0.545. The Morgan fingerprint density at radius 2 is 1.19 bits per heavy atom. The minimum Gasteiger partial charge on any atom is -0.445 e. The summed E-state index contributed by atoms with van der Waals surface area (Å²) in [5.74, 6) is 0. The first kappa shape index (κ1) is 21.0. The van der Waals surface area contributed by atoms with Gasteiger partial charge >= 0.3 is 12.2 Å². The lowest BCUT2D eigenvalue weighted by molar-refractivity contribution is 0.132. The molecule has 2 aliphatic carbocycles. The molecule has 0 bridgehead atoms. The Labute approximate surface area is 162 Å². The molecule has 0 aromatic rings. The molecule has 148 valence electrons. The second kappa shape index (κ2) is 10.1. The molecule has 2 rings (SSSR count).